The monoisotopic (exact) mass is 385 g/mol. The van der Waals surface area contributed by atoms with Gasteiger partial charge in [0.1, 0.15) is 0 Å². The van der Waals surface area contributed by atoms with Crippen molar-refractivity contribution < 1.29 is 9.59 Å². The summed E-state index contributed by atoms with van der Waals surface area (Å²) in [6.45, 7) is 4.11. The molecule has 0 heterocycles. The molecule has 2 aromatic rings. The minimum Gasteiger partial charge on any atom is -0.349 e. The van der Waals surface area contributed by atoms with Gasteiger partial charge in [0.15, 0.2) is 0 Å². The molecule has 0 aliphatic heterocycles. The van der Waals surface area contributed by atoms with Crippen LogP contribution in [0.5, 0.6) is 0 Å². The Labute approximate surface area is 164 Å². The maximum atomic E-state index is 12.5. The van der Waals surface area contributed by atoms with E-state index in [0.29, 0.717) is 16.3 Å². The van der Waals surface area contributed by atoms with Gasteiger partial charge in [0.2, 0.25) is 0 Å². The molecule has 0 saturated heterocycles. The van der Waals surface area contributed by atoms with Gasteiger partial charge in [-0.25, -0.2) is 4.79 Å². The zero-order valence-electron chi connectivity index (χ0n) is 15.5. The van der Waals surface area contributed by atoms with E-state index in [1.54, 1.807) is 18.2 Å². The lowest BCUT2D eigenvalue weighted by atomic mass is 9.96. The number of amides is 3. The Morgan fingerprint density at radius 2 is 1.78 bits per heavy atom. The van der Waals surface area contributed by atoms with Gasteiger partial charge in [-0.2, -0.15) is 0 Å². The van der Waals surface area contributed by atoms with Crippen molar-refractivity contribution in [2.45, 2.75) is 38.8 Å². The first-order valence-electron chi connectivity index (χ1n) is 9.17. The molecular formula is C21H24ClN3O2. The summed E-state index contributed by atoms with van der Waals surface area (Å²) < 4.78 is 0. The quantitative estimate of drug-likeness (QED) is 0.671. The van der Waals surface area contributed by atoms with Crippen molar-refractivity contribution in [3.8, 4) is 0 Å². The first-order valence-corrected chi connectivity index (χ1v) is 9.54. The minimum atomic E-state index is -0.326. The highest BCUT2D eigenvalue weighted by molar-refractivity contribution is 6.34. The lowest BCUT2D eigenvalue weighted by molar-refractivity contribution is 0.0951. The Morgan fingerprint density at radius 3 is 2.41 bits per heavy atom. The van der Waals surface area contributed by atoms with E-state index in [1.165, 1.54) is 0 Å². The Balaban J connectivity index is 1.68. The van der Waals surface area contributed by atoms with Gasteiger partial charge in [0, 0.05) is 11.7 Å². The largest absolute Gasteiger partial charge is 0.349 e. The third-order valence-corrected chi connectivity index (χ3v) is 4.82. The number of hydrogen-bond donors (Lipinski definition) is 3. The molecule has 6 heteroatoms. The first-order chi connectivity index (χ1) is 12.9. The smallest absolute Gasteiger partial charge is 0.319 e. The Bertz CT molecular complexity index is 819. The van der Waals surface area contributed by atoms with Crippen molar-refractivity contribution >= 4 is 29.2 Å². The van der Waals surface area contributed by atoms with Gasteiger partial charge in [0.05, 0.1) is 16.6 Å². The summed E-state index contributed by atoms with van der Waals surface area (Å²) in [6, 6.07) is 14.5. The predicted molar refractivity (Wildman–Crippen MR) is 108 cm³/mol. The van der Waals surface area contributed by atoms with Crippen molar-refractivity contribution in [1.82, 2.24) is 10.6 Å². The predicted octanol–water partition coefficient (Wildman–Crippen LogP) is 4.75. The molecule has 5 nitrogen and oxygen atoms in total. The maximum Gasteiger partial charge on any atom is 0.319 e. The third kappa shape index (κ3) is 5.23. The second-order valence-corrected chi connectivity index (χ2v) is 7.58. The number of urea groups is 1. The van der Waals surface area contributed by atoms with Crippen LogP contribution in [0.1, 0.15) is 48.7 Å². The molecule has 0 aromatic heterocycles. The van der Waals surface area contributed by atoms with Crippen LogP contribution < -0.4 is 16.0 Å². The molecule has 3 amide bonds. The number of nitrogens with one attached hydrogen (secondary N) is 3. The fraction of sp³-hybridized carbons (Fsp3) is 0.333. The molecule has 2 aromatic carbocycles. The molecule has 1 fully saturated rings. The van der Waals surface area contributed by atoms with E-state index in [2.05, 4.69) is 29.8 Å². The van der Waals surface area contributed by atoms with E-state index in [4.69, 9.17) is 11.6 Å². The van der Waals surface area contributed by atoms with Crippen LogP contribution in [0.2, 0.25) is 5.02 Å². The highest BCUT2D eigenvalue weighted by Gasteiger charge is 2.25. The Morgan fingerprint density at radius 1 is 1.07 bits per heavy atom. The fourth-order valence-electron chi connectivity index (χ4n) is 2.87. The lowest BCUT2D eigenvalue weighted by Gasteiger charge is -2.23. The van der Waals surface area contributed by atoms with Crippen molar-refractivity contribution in [3.05, 3.63) is 64.7 Å². The second kappa shape index (κ2) is 8.44. The summed E-state index contributed by atoms with van der Waals surface area (Å²) >= 11 is 6.15. The van der Waals surface area contributed by atoms with Gasteiger partial charge in [-0.15, -0.1) is 0 Å². The summed E-state index contributed by atoms with van der Waals surface area (Å²) in [5.41, 5.74) is 1.93. The summed E-state index contributed by atoms with van der Waals surface area (Å²) in [5, 5.41) is 9.08. The minimum absolute atomic E-state index is 0.115. The van der Waals surface area contributed by atoms with E-state index in [-0.39, 0.29) is 29.9 Å². The van der Waals surface area contributed by atoms with Gasteiger partial charge in [-0.1, -0.05) is 55.8 Å². The van der Waals surface area contributed by atoms with E-state index in [0.717, 1.165) is 18.4 Å². The highest BCUT2D eigenvalue weighted by Crippen LogP contribution is 2.25. The van der Waals surface area contributed by atoms with E-state index in [9.17, 15) is 9.59 Å². The van der Waals surface area contributed by atoms with Gasteiger partial charge in [0.25, 0.3) is 5.91 Å². The van der Waals surface area contributed by atoms with Crippen molar-refractivity contribution in [1.29, 1.82) is 0 Å². The summed E-state index contributed by atoms with van der Waals surface area (Å²) in [4.78, 5) is 24.8. The number of carbonyl (C=O) groups excluding carboxylic acids is 2. The van der Waals surface area contributed by atoms with Crippen LogP contribution in [0, 0.1) is 5.92 Å². The number of rotatable bonds is 6. The molecular weight excluding hydrogens is 362 g/mol. The molecule has 1 unspecified atom stereocenters. The highest BCUT2D eigenvalue weighted by atomic mass is 35.5. The average Bonchev–Trinajstić information content (AvgIpc) is 3.45. The number of benzene rings is 2. The molecule has 1 saturated carbocycles. The molecule has 3 rings (SSSR count). The molecule has 1 aliphatic carbocycles. The van der Waals surface area contributed by atoms with Crippen molar-refractivity contribution in [2.24, 2.45) is 5.92 Å². The van der Waals surface area contributed by atoms with Gasteiger partial charge in [-0.05, 0) is 42.5 Å². The molecule has 3 N–H and O–H groups in total. The number of carbonyl (C=O) groups is 2. The summed E-state index contributed by atoms with van der Waals surface area (Å²) in [6.07, 6.45) is 2.00. The fourth-order valence-corrected chi connectivity index (χ4v) is 3.07. The van der Waals surface area contributed by atoms with Crippen molar-refractivity contribution in [2.75, 3.05) is 5.32 Å². The number of anilines is 1. The Kier molecular flexibility index (Phi) is 6.01. The van der Waals surface area contributed by atoms with E-state index >= 15 is 0 Å². The molecule has 1 aliphatic rings. The zero-order chi connectivity index (χ0) is 19.4. The van der Waals surface area contributed by atoms with E-state index in [1.807, 2.05) is 30.3 Å². The number of hydrogen-bond acceptors (Lipinski definition) is 2. The molecule has 0 spiro atoms. The molecule has 1 atom stereocenters. The van der Waals surface area contributed by atoms with E-state index < -0.39 is 0 Å². The topological polar surface area (TPSA) is 70.2 Å². The molecule has 0 bridgehead atoms. The molecule has 142 valence electrons. The lowest BCUT2D eigenvalue weighted by Crippen LogP contribution is -2.35. The first kappa shape index (κ1) is 19.2. The van der Waals surface area contributed by atoms with Crippen LogP contribution in [-0.2, 0) is 0 Å². The van der Waals surface area contributed by atoms with Crippen LogP contribution in [-0.4, -0.2) is 18.0 Å². The van der Waals surface area contributed by atoms with Crippen LogP contribution in [0.25, 0.3) is 0 Å². The maximum absolute atomic E-state index is 12.5. The van der Waals surface area contributed by atoms with Gasteiger partial charge < -0.3 is 16.0 Å². The molecule has 27 heavy (non-hydrogen) atoms. The summed E-state index contributed by atoms with van der Waals surface area (Å²) in [5.74, 6) is 0.0131. The van der Waals surface area contributed by atoms with Crippen LogP contribution in [0.15, 0.2) is 48.5 Å². The standard InChI is InChI=1S/C21H24ClN3O2/c1-13(2)19(14-6-4-3-5-7-14)25-21(27)24-16-10-11-18(22)17(12-16)20(26)23-15-8-9-15/h3-7,10-13,15,19H,8-9H2,1-2H3,(H,23,26)(H2,24,25,27). The normalized spacial score (nSPS) is 14.5. The second-order valence-electron chi connectivity index (χ2n) is 7.17. The zero-order valence-corrected chi connectivity index (χ0v) is 16.2. The molecule has 0 radical (unpaired) electrons. The number of halogens is 1. The van der Waals surface area contributed by atoms with Gasteiger partial charge in [-0.3, -0.25) is 4.79 Å². The van der Waals surface area contributed by atoms with Crippen molar-refractivity contribution in [3.63, 3.8) is 0 Å². The third-order valence-electron chi connectivity index (χ3n) is 4.49. The van der Waals surface area contributed by atoms with Crippen LogP contribution in [0.4, 0.5) is 10.5 Å². The van der Waals surface area contributed by atoms with Crippen LogP contribution >= 0.6 is 11.6 Å². The SMILES string of the molecule is CC(C)C(NC(=O)Nc1ccc(Cl)c(C(=O)NC2CC2)c1)c1ccccc1. The van der Waals surface area contributed by atoms with Crippen LogP contribution in [0.3, 0.4) is 0 Å². The Hall–Kier alpha value is -2.53. The average molecular weight is 386 g/mol. The van der Waals surface area contributed by atoms with Gasteiger partial charge >= 0.3 is 6.03 Å². The summed E-state index contributed by atoms with van der Waals surface area (Å²) in [7, 11) is 0.